The van der Waals surface area contributed by atoms with Crippen LogP contribution in [0.3, 0.4) is 0 Å². The average molecular weight is 205 g/mol. The zero-order valence-electron chi connectivity index (χ0n) is 9.32. The second-order valence-electron chi connectivity index (χ2n) is 4.47. The lowest BCUT2D eigenvalue weighted by Gasteiger charge is -2.11. The van der Waals surface area contributed by atoms with E-state index in [-0.39, 0.29) is 0 Å². The molecule has 1 aliphatic rings. The Labute approximate surface area is 91.2 Å². The highest BCUT2D eigenvalue weighted by Gasteiger charge is 2.23. The van der Waals surface area contributed by atoms with E-state index >= 15 is 0 Å². The number of rotatable bonds is 6. The van der Waals surface area contributed by atoms with Crippen LogP contribution < -0.4 is 5.32 Å². The lowest BCUT2D eigenvalue weighted by molar-refractivity contribution is 0.487. The van der Waals surface area contributed by atoms with E-state index in [4.69, 9.17) is 0 Å². The molecular formula is C12H19N3. The Morgan fingerprint density at radius 1 is 1.73 bits per heavy atom. The van der Waals surface area contributed by atoms with Crippen LogP contribution in [0.2, 0.25) is 0 Å². The van der Waals surface area contributed by atoms with Gasteiger partial charge in [-0.2, -0.15) is 5.10 Å². The Hall–Kier alpha value is -1.09. The van der Waals surface area contributed by atoms with Crippen LogP contribution in [0.4, 0.5) is 0 Å². The van der Waals surface area contributed by atoms with Crippen LogP contribution in [0.25, 0.3) is 6.20 Å². The molecule has 0 aliphatic heterocycles. The van der Waals surface area contributed by atoms with Crippen molar-refractivity contribution < 1.29 is 0 Å². The summed E-state index contributed by atoms with van der Waals surface area (Å²) in [6.45, 7) is 6.83. The molecular weight excluding hydrogens is 186 g/mol. The van der Waals surface area contributed by atoms with Crippen LogP contribution in [0.5, 0.6) is 0 Å². The number of nitrogens with zero attached hydrogens (tertiary/aromatic N) is 2. The first-order chi connectivity index (χ1) is 7.28. The minimum Gasteiger partial charge on any atom is -0.310 e. The molecule has 0 aromatic carbocycles. The summed E-state index contributed by atoms with van der Waals surface area (Å²) in [6.07, 6.45) is 9.77. The molecule has 0 amide bonds. The number of hydrogen-bond donors (Lipinski definition) is 1. The fourth-order valence-corrected chi connectivity index (χ4v) is 1.80. The normalized spacial score (nSPS) is 17.7. The summed E-state index contributed by atoms with van der Waals surface area (Å²) in [5.74, 6) is 0.989. The summed E-state index contributed by atoms with van der Waals surface area (Å²) < 4.78 is 1.74. The van der Waals surface area contributed by atoms with Gasteiger partial charge in [-0.25, -0.2) is 4.68 Å². The third-order valence-electron chi connectivity index (χ3n) is 2.88. The molecule has 0 radical (unpaired) electrons. The maximum absolute atomic E-state index is 4.14. The van der Waals surface area contributed by atoms with Gasteiger partial charge in [0.25, 0.3) is 0 Å². The maximum atomic E-state index is 4.14. The fraction of sp³-hybridized carbons (Fsp3) is 0.583. The summed E-state index contributed by atoms with van der Waals surface area (Å²) in [5, 5.41) is 7.66. The van der Waals surface area contributed by atoms with Gasteiger partial charge in [-0.05, 0) is 19.3 Å². The SMILES string of the molecule is C=Cn1cc(CNC(C)CC2CC2)cn1. The van der Waals surface area contributed by atoms with E-state index in [1.165, 1.54) is 24.8 Å². The van der Waals surface area contributed by atoms with Crippen LogP contribution in [0.15, 0.2) is 19.0 Å². The first-order valence-corrected chi connectivity index (χ1v) is 5.67. The molecule has 3 nitrogen and oxygen atoms in total. The first-order valence-electron chi connectivity index (χ1n) is 5.67. The topological polar surface area (TPSA) is 29.9 Å². The molecule has 1 saturated carbocycles. The Bertz CT molecular complexity index is 325. The van der Waals surface area contributed by atoms with Gasteiger partial charge in [-0.3, -0.25) is 0 Å². The van der Waals surface area contributed by atoms with Gasteiger partial charge in [0.2, 0.25) is 0 Å². The van der Waals surface area contributed by atoms with Crippen LogP contribution in [0, 0.1) is 5.92 Å². The average Bonchev–Trinajstić information content (AvgIpc) is 2.92. The molecule has 3 heteroatoms. The minimum absolute atomic E-state index is 0.615. The zero-order chi connectivity index (χ0) is 10.7. The molecule has 1 fully saturated rings. The molecule has 1 unspecified atom stereocenters. The van der Waals surface area contributed by atoms with Gasteiger partial charge >= 0.3 is 0 Å². The lowest BCUT2D eigenvalue weighted by atomic mass is 10.1. The lowest BCUT2D eigenvalue weighted by Crippen LogP contribution is -2.25. The molecule has 0 bridgehead atoms. The third kappa shape index (κ3) is 3.20. The summed E-state index contributed by atoms with van der Waals surface area (Å²) in [7, 11) is 0. The standard InChI is InChI=1S/C12H19N3/c1-3-15-9-12(8-14-15)7-13-10(2)6-11-4-5-11/h3,8-11,13H,1,4-7H2,2H3. The first kappa shape index (κ1) is 10.4. The van der Waals surface area contributed by atoms with Crippen LogP contribution in [-0.4, -0.2) is 15.8 Å². The van der Waals surface area contributed by atoms with Crippen LogP contribution in [0.1, 0.15) is 31.7 Å². The Kier molecular flexibility index (Phi) is 3.21. The van der Waals surface area contributed by atoms with Crippen molar-refractivity contribution in [3.8, 4) is 0 Å². The molecule has 1 N–H and O–H groups in total. The minimum atomic E-state index is 0.615. The molecule has 1 aromatic rings. The van der Waals surface area contributed by atoms with Gasteiger partial charge in [-0.15, -0.1) is 0 Å². The van der Waals surface area contributed by atoms with E-state index in [9.17, 15) is 0 Å². The molecule has 1 aliphatic carbocycles. The second-order valence-corrected chi connectivity index (χ2v) is 4.47. The molecule has 0 spiro atoms. The monoisotopic (exact) mass is 205 g/mol. The summed E-state index contributed by atoms with van der Waals surface area (Å²) in [6, 6.07) is 0.615. The van der Waals surface area contributed by atoms with Gasteiger partial charge in [0.15, 0.2) is 0 Å². The van der Waals surface area contributed by atoms with Crippen LogP contribution in [-0.2, 0) is 6.54 Å². The smallest absolute Gasteiger partial charge is 0.0538 e. The van der Waals surface area contributed by atoms with Crippen molar-refractivity contribution in [2.24, 2.45) is 5.92 Å². The van der Waals surface area contributed by atoms with E-state index in [0.29, 0.717) is 6.04 Å². The summed E-state index contributed by atoms with van der Waals surface area (Å²) in [5.41, 5.74) is 1.22. The van der Waals surface area contributed by atoms with E-state index in [2.05, 4.69) is 23.9 Å². The highest BCUT2D eigenvalue weighted by molar-refractivity contribution is 5.17. The maximum Gasteiger partial charge on any atom is 0.0538 e. The van der Waals surface area contributed by atoms with Gasteiger partial charge < -0.3 is 5.32 Å². The molecule has 82 valence electrons. The van der Waals surface area contributed by atoms with Crippen LogP contribution >= 0.6 is 0 Å². The van der Waals surface area contributed by atoms with E-state index in [1.54, 1.807) is 10.9 Å². The molecule has 15 heavy (non-hydrogen) atoms. The van der Waals surface area contributed by atoms with E-state index < -0.39 is 0 Å². The van der Waals surface area contributed by atoms with Gasteiger partial charge in [0.05, 0.1) is 6.20 Å². The molecule has 1 heterocycles. The van der Waals surface area contributed by atoms with Gasteiger partial charge in [0, 0.05) is 30.5 Å². The molecule has 1 atom stereocenters. The third-order valence-corrected chi connectivity index (χ3v) is 2.88. The molecule has 1 aromatic heterocycles. The van der Waals surface area contributed by atoms with E-state index in [0.717, 1.165) is 12.5 Å². The number of aromatic nitrogens is 2. The number of hydrogen-bond acceptors (Lipinski definition) is 2. The summed E-state index contributed by atoms with van der Waals surface area (Å²) >= 11 is 0. The Balaban J connectivity index is 1.73. The number of nitrogens with one attached hydrogen (secondary N) is 1. The zero-order valence-corrected chi connectivity index (χ0v) is 9.32. The Morgan fingerprint density at radius 2 is 2.53 bits per heavy atom. The van der Waals surface area contributed by atoms with Gasteiger partial charge in [0.1, 0.15) is 0 Å². The Morgan fingerprint density at radius 3 is 3.13 bits per heavy atom. The largest absolute Gasteiger partial charge is 0.310 e. The van der Waals surface area contributed by atoms with Crippen molar-refractivity contribution in [1.82, 2.24) is 15.1 Å². The highest BCUT2D eigenvalue weighted by atomic mass is 15.2. The quantitative estimate of drug-likeness (QED) is 0.772. The van der Waals surface area contributed by atoms with Crippen molar-refractivity contribution in [2.45, 2.75) is 38.8 Å². The van der Waals surface area contributed by atoms with E-state index in [1.807, 2.05) is 12.4 Å². The van der Waals surface area contributed by atoms with Crippen molar-refractivity contribution in [2.75, 3.05) is 0 Å². The second kappa shape index (κ2) is 4.62. The fourth-order valence-electron chi connectivity index (χ4n) is 1.80. The predicted octanol–water partition coefficient (Wildman–Crippen LogP) is 2.26. The molecule has 0 saturated heterocycles. The van der Waals surface area contributed by atoms with Crippen molar-refractivity contribution >= 4 is 6.20 Å². The van der Waals surface area contributed by atoms with Crippen molar-refractivity contribution in [1.29, 1.82) is 0 Å². The van der Waals surface area contributed by atoms with Crippen molar-refractivity contribution in [3.63, 3.8) is 0 Å². The summed E-state index contributed by atoms with van der Waals surface area (Å²) in [4.78, 5) is 0. The predicted molar refractivity (Wildman–Crippen MR) is 62.3 cm³/mol. The highest BCUT2D eigenvalue weighted by Crippen LogP contribution is 2.33. The van der Waals surface area contributed by atoms with Crippen molar-refractivity contribution in [3.05, 3.63) is 24.5 Å². The molecule has 2 rings (SSSR count). The van der Waals surface area contributed by atoms with Gasteiger partial charge in [-0.1, -0.05) is 19.4 Å².